The van der Waals surface area contributed by atoms with Crippen molar-refractivity contribution in [1.29, 1.82) is 0 Å². The largest absolute Gasteiger partial charge is 0.489 e. The second-order valence-corrected chi connectivity index (χ2v) is 8.64. The van der Waals surface area contributed by atoms with Gasteiger partial charge < -0.3 is 19.3 Å². The number of rotatable bonds is 14. The zero-order valence-electron chi connectivity index (χ0n) is 23.4. The van der Waals surface area contributed by atoms with Crippen LogP contribution < -0.4 is 15.1 Å². The predicted molar refractivity (Wildman–Crippen MR) is 153 cm³/mol. The molecule has 0 fully saturated rings. The molecule has 0 aliphatic heterocycles. The quantitative estimate of drug-likeness (QED) is 0.189. The smallest absolute Gasteiger partial charge is 0.416 e. The number of carbonyl (C=O) groups is 1. The van der Waals surface area contributed by atoms with Crippen molar-refractivity contribution in [2.75, 3.05) is 25.7 Å². The number of alkyl halides is 3. The number of allylic oxidation sites excluding steroid dienone is 1. The van der Waals surface area contributed by atoms with Gasteiger partial charge in [-0.1, -0.05) is 53.3 Å². The summed E-state index contributed by atoms with van der Waals surface area (Å²) in [4.78, 5) is 29.2. The first-order chi connectivity index (χ1) is 20.2. The maximum Gasteiger partial charge on any atom is 0.416 e. The summed E-state index contributed by atoms with van der Waals surface area (Å²) in [6, 6.07) is 19.0. The van der Waals surface area contributed by atoms with Crippen molar-refractivity contribution in [2.45, 2.75) is 26.3 Å². The van der Waals surface area contributed by atoms with Crippen LogP contribution in [0.5, 0.6) is 5.75 Å². The number of hydrogen-bond donors (Lipinski definition) is 1. The lowest BCUT2D eigenvalue weighted by Gasteiger charge is -2.19. The molecule has 42 heavy (non-hydrogen) atoms. The molecule has 0 bridgehead atoms. The molecule has 0 heterocycles. The van der Waals surface area contributed by atoms with Crippen molar-refractivity contribution in [3.8, 4) is 5.75 Å². The van der Waals surface area contributed by atoms with Gasteiger partial charge in [-0.05, 0) is 43.3 Å². The minimum atomic E-state index is -4.47. The number of anilines is 1. The van der Waals surface area contributed by atoms with Crippen molar-refractivity contribution < 1.29 is 37.2 Å². The van der Waals surface area contributed by atoms with Gasteiger partial charge in [-0.2, -0.15) is 13.2 Å². The van der Waals surface area contributed by atoms with E-state index in [1.165, 1.54) is 30.2 Å². The number of hydroxylamine groups is 1. The molecule has 0 aromatic heterocycles. The van der Waals surface area contributed by atoms with Crippen LogP contribution in [0.2, 0.25) is 0 Å². The molecule has 0 radical (unpaired) electrons. The summed E-state index contributed by atoms with van der Waals surface area (Å²) >= 11 is 0. The number of oxime groups is 2. The molecule has 222 valence electrons. The fourth-order valence-corrected chi connectivity index (χ4v) is 3.72. The number of benzene rings is 3. The van der Waals surface area contributed by atoms with Crippen molar-refractivity contribution in [2.24, 2.45) is 10.3 Å². The van der Waals surface area contributed by atoms with Crippen LogP contribution in [0.3, 0.4) is 0 Å². The summed E-state index contributed by atoms with van der Waals surface area (Å²) in [5.74, 6) is -0.0167. The number of halogens is 3. The summed E-state index contributed by atoms with van der Waals surface area (Å²) in [5.41, 5.74) is 4.57. The SMILES string of the molecule is C=C(NOCc1ccccc1N(C)C(=O)C=NOC)C(=NOCC)c1ccc(OCc2ccccc2C(F)(F)F)cc1. The van der Waals surface area contributed by atoms with Gasteiger partial charge in [0, 0.05) is 29.4 Å². The Hall–Kier alpha value is -4.84. The highest BCUT2D eigenvalue weighted by Crippen LogP contribution is 2.32. The van der Waals surface area contributed by atoms with E-state index in [4.69, 9.17) is 14.4 Å². The van der Waals surface area contributed by atoms with Gasteiger partial charge in [0.1, 0.15) is 44.6 Å². The highest BCUT2D eigenvalue weighted by Gasteiger charge is 2.33. The Balaban J connectivity index is 1.66. The standard InChI is InChI=1S/C30H31F3N4O5/c1-5-41-36-29(21(2)35-42-20-24-11-7-9-13-27(24)37(3)28(38)18-34-39-4)22-14-16-25(17-15-22)40-19-23-10-6-8-12-26(23)30(31,32)33/h6-18,35H,2,5,19-20H2,1,3-4H3. The van der Waals surface area contributed by atoms with Crippen molar-refractivity contribution in [3.63, 3.8) is 0 Å². The van der Waals surface area contributed by atoms with Crippen molar-refractivity contribution in [3.05, 3.63) is 107 Å². The first-order valence-corrected chi connectivity index (χ1v) is 12.7. The van der Waals surface area contributed by atoms with E-state index < -0.39 is 11.7 Å². The van der Waals surface area contributed by atoms with E-state index in [1.807, 2.05) is 6.07 Å². The molecule has 1 amide bonds. The van der Waals surface area contributed by atoms with Gasteiger partial charge in [-0.25, -0.2) is 0 Å². The van der Waals surface area contributed by atoms with Gasteiger partial charge in [0.2, 0.25) is 0 Å². The zero-order chi connectivity index (χ0) is 30.5. The van der Waals surface area contributed by atoms with E-state index >= 15 is 0 Å². The lowest BCUT2D eigenvalue weighted by Crippen LogP contribution is -2.28. The topological polar surface area (TPSA) is 94.0 Å². The normalized spacial score (nSPS) is 11.7. The summed E-state index contributed by atoms with van der Waals surface area (Å²) in [7, 11) is 2.95. The molecule has 0 spiro atoms. The third-order valence-corrected chi connectivity index (χ3v) is 5.79. The van der Waals surface area contributed by atoms with Crippen LogP contribution in [0.25, 0.3) is 0 Å². The van der Waals surface area contributed by atoms with E-state index in [9.17, 15) is 18.0 Å². The first-order valence-electron chi connectivity index (χ1n) is 12.7. The van der Waals surface area contributed by atoms with Crippen molar-refractivity contribution in [1.82, 2.24) is 5.48 Å². The lowest BCUT2D eigenvalue weighted by atomic mass is 10.1. The zero-order valence-corrected chi connectivity index (χ0v) is 23.4. The molecule has 9 nitrogen and oxygen atoms in total. The Kier molecular flexibility index (Phi) is 11.5. The molecular formula is C30H31F3N4O5. The number of hydrogen-bond acceptors (Lipinski definition) is 8. The summed E-state index contributed by atoms with van der Waals surface area (Å²) in [6.07, 6.45) is -3.41. The maximum absolute atomic E-state index is 13.3. The number of ether oxygens (including phenoxy) is 1. The van der Waals surface area contributed by atoms with E-state index in [-0.39, 0.29) is 30.4 Å². The predicted octanol–water partition coefficient (Wildman–Crippen LogP) is 5.86. The van der Waals surface area contributed by atoms with E-state index in [0.717, 1.165) is 12.3 Å². The molecule has 0 saturated carbocycles. The number of carbonyl (C=O) groups excluding carboxylic acids is 1. The van der Waals surface area contributed by atoms with Gasteiger partial charge >= 0.3 is 6.18 Å². The van der Waals surface area contributed by atoms with E-state index in [0.29, 0.717) is 34.9 Å². The Labute approximate surface area is 241 Å². The molecule has 0 saturated heterocycles. The van der Waals surface area contributed by atoms with Gasteiger partial charge in [0.15, 0.2) is 0 Å². The third-order valence-electron chi connectivity index (χ3n) is 5.79. The van der Waals surface area contributed by atoms with Crippen LogP contribution in [-0.4, -0.2) is 38.6 Å². The number of amides is 1. The molecule has 0 aliphatic rings. The summed E-state index contributed by atoms with van der Waals surface area (Å²) in [5, 5.41) is 7.63. The van der Waals surface area contributed by atoms with E-state index in [2.05, 4.69) is 27.2 Å². The fourth-order valence-electron chi connectivity index (χ4n) is 3.72. The molecule has 0 atom stereocenters. The van der Waals surface area contributed by atoms with Crippen LogP contribution in [0.1, 0.15) is 29.2 Å². The first kappa shape index (κ1) is 31.7. The van der Waals surface area contributed by atoms with Crippen LogP contribution >= 0.6 is 0 Å². The minimum absolute atomic E-state index is 0.0302. The van der Waals surface area contributed by atoms with Crippen LogP contribution in [-0.2, 0) is 38.7 Å². The van der Waals surface area contributed by atoms with Gasteiger partial charge in [0.05, 0.1) is 11.3 Å². The molecule has 0 unspecified atom stereocenters. The Bertz CT molecular complexity index is 1410. The Morgan fingerprint density at radius 3 is 2.33 bits per heavy atom. The molecule has 12 heteroatoms. The Morgan fingerprint density at radius 1 is 1.00 bits per heavy atom. The maximum atomic E-state index is 13.3. The molecule has 3 aromatic rings. The average molecular weight is 585 g/mol. The highest BCUT2D eigenvalue weighted by atomic mass is 19.4. The van der Waals surface area contributed by atoms with Crippen LogP contribution in [0.15, 0.2) is 95.4 Å². The number of nitrogens with zero attached hydrogens (tertiary/aromatic N) is 3. The van der Waals surface area contributed by atoms with Crippen LogP contribution in [0, 0.1) is 0 Å². The summed E-state index contributed by atoms with van der Waals surface area (Å²) < 4.78 is 45.4. The fraction of sp³-hybridized carbons (Fsp3) is 0.233. The molecule has 0 aliphatic carbocycles. The van der Waals surface area contributed by atoms with Gasteiger partial charge in [0.25, 0.3) is 5.91 Å². The second kappa shape index (κ2) is 15.2. The molecule has 3 rings (SSSR count). The molecular weight excluding hydrogens is 553 g/mol. The number of para-hydroxylation sites is 1. The number of nitrogens with one attached hydrogen (secondary N) is 1. The monoisotopic (exact) mass is 584 g/mol. The van der Waals surface area contributed by atoms with Gasteiger partial charge in [-0.15, -0.1) is 0 Å². The summed E-state index contributed by atoms with van der Waals surface area (Å²) in [6.45, 7) is 5.88. The van der Waals surface area contributed by atoms with E-state index in [1.54, 1.807) is 56.4 Å². The Morgan fingerprint density at radius 2 is 1.67 bits per heavy atom. The molecule has 3 aromatic carbocycles. The van der Waals surface area contributed by atoms with Gasteiger partial charge in [-0.3, -0.25) is 15.1 Å². The average Bonchev–Trinajstić information content (AvgIpc) is 2.99. The lowest BCUT2D eigenvalue weighted by molar-refractivity contribution is -0.138. The molecule has 1 N–H and O–H groups in total. The van der Waals surface area contributed by atoms with Crippen molar-refractivity contribution >= 4 is 23.5 Å². The third kappa shape index (κ3) is 8.83. The second-order valence-electron chi connectivity index (χ2n) is 8.64. The highest BCUT2D eigenvalue weighted by molar-refractivity contribution is 6.32. The van der Waals surface area contributed by atoms with Crippen LogP contribution in [0.4, 0.5) is 18.9 Å². The minimum Gasteiger partial charge on any atom is -0.489 e.